The average molecular weight is 288 g/mol. The predicted molar refractivity (Wildman–Crippen MR) is 81.1 cm³/mol. The molecule has 0 radical (unpaired) electrons. The van der Waals surface area contributed by atoms with Crippen molar-refractivity contribution in [2.24, 2.45) is 5.92 Å². The van der Waals surface area contributed by atoms with Crippen LogP contribution in [0.4, 0.5) is 11.4 Å². The van der Waals surface area contributed by atoms with Gasteiger partial charge in [0, 0.05) is 24.8 Å². The number of hydrogen-bond acceptors (Lipinski definition) is 5. The van der Waals surface area contributed by atoms with Gasteiger partial charge in [-0.05, 0) is 44.0 Å². The average Bonchev–Trinajstić information content (AvgIpc) is 2.92. The Labute approximate surface area is 124 Å². The molecular weight excluding hydrogens is 268 g/mol. The summed E-state index contributed by atoms with van der Waals surface area (Å²) < 4.78 is 0. The number of nitrogens with one attached hydrogen (secondary N) is 1. The van der Waals surface area contributed by atoms with Crippen LogP contribution in [0.5, 0.6) is 0 Å². The minimum atomic E-state index is -0.526. The van der Waals surface area contributed by atoms with Crippen LogP contribution in [0.25, 0.3) is 0 Å². The Morgan fingerprint density at radius 1 is 1.57 bits per heavy atom. The lowest BCUT2D eigenvalue weighted by Gasteiger charge is -2.15. The maximum atomic E-state index is 10.8. The number of benzene rings is 1. The highest BCUT2D eigenvalue weighted by Gasteiger charge is 2.21. The number of likely N-dealkylation sites (tertiary alicyclic amines) is 1. The maximum Gasteiger partial charge on any atom is 0.287 e. The first-order valence-electron chi connectivity index (χ1n) is 7.28. The van der Waals surface area contributed by atoms with E-state index in [1.807, 2.05) is 6.07 Å². The first-order chi connectivity index (χ1) is 10.1. The van der Waals surface area contributed by atoms with Crippen LogP contribution in [0, 0.1) is 27.4 Å². The summed E-state index contributed by atoms with van der Waals surface area (Å²) in [7, 11) is 0. The van der Waals surface area contributed by atoms with Gasteiger partial charge >= 0.3 is 0 Å². The molecule has 0 spiro atoms. The highest BCUT2D eigenvalue weighted by Crippen LogP contribution is 2.23. The van der Waals surface area contributed by atoms with Gasteiger partial charge in [0.25, 0.3) is 5.69 Å². The van der Waals surface area contributed by atoms with Gasteiger partial charge in [0.2, 0.25) is 0 Å². The summed E-state index contributed by atoms with van der Waals surface area (Å²) >= 11 is 0. The third-order valence-electron chi connectivity index (χ3n) is 3.82. The fourth-order valence-corrected chi connectivity index (χ4v) is 2.76. The summed E-state index contributed by atoms with van der Waals surface area (Å²) in [6.07, 6.45) is 2.35. The van der Waals surface area contributed by atoms with E-state index in [9.17, 15) is 10.1 Å². The van der Waals surface area contributed by atoms with Gasteiger partial charge in [0.15, 0.2) is 0 Å². The van der Waals surface area contributed by atoms with E-state index in [0.717, 1.165) is 31.9 Å². The topological polar surface area (TPSA) is 82.2 Å². The van der Waals surface area contributed by atoms with Crippen molar-refractivity contribution < 1.29 is 4.92 Å². The van der Waals surface area contributed by atoms with Crippen molar-refractivity contribution in [2.75, 3.05) is 31.5 Å². The summed E-state index contributed by atoms with van der Waals surface area (Å²) in [6, 6.07) is 6.48. The minimum absolute atomic E-state index is 0.101. The van der Waals surface area contributed by atoms with E-state index in [2.05, 4.69) is 17.1 Å². The fourth-order valence-electron chi connectivity index (χ4n) is 2.76. The molecular formula is C15H20N4O2. The monoisotopic (exact) mass is 288 g/mol. The minimum Gasteiger partial charge on any atom is -0.385 e. The van der Waals surface area contributed by atoms with E-state index in [4.69, 9.17) is 5.26 Å². The lowest BCUT2D eigenvalue weighted by Crippen LogP contribution is -2.23. The molecule has 0 saturated carbocycles. The smallest absolute Gasteiger partial charge is 0.287 e. The summed E-state index contributed by atoms with van der Waals surface area (Å²) in [5, 5.41) is 23.1. The van der Waals surface area contributed by atoms with E-state index in [1.54, 1.807) is 12.1 Å². The zero-order valence-electron chi connectivity index (χ0n) is 12.2. The second kappa shape index (κ2) is 7.04. The fraction of sp³-hybridized carbons (Fsp3) is 0.533. The van der Waals surface area contributed by atoms with Gasteiger partial charge in [-0.15, -0.1) is 0 Å². The van der Waals surface area contributed by atoms with Crippen LogP contribution in [0.15, 0.2) is 18.2 Å². The molecule has 1 heterocycles. The van der Waals surface area contributed by atoms with Gasteiger partial charge in [-0.1, -0.05) is 6.92 Å². The number of hydrogen-bond donors (Lipinski definition) is 1. The summed E-state index contributed by atoms with van der Waals surface area (Å²) in [4.78, 5) is 12.7. The summed E-state index contributed by atoms with van der Waals surface area (Å²) in [5.74, 6) is 0.595. The van der Waals surface area contributed by atoms with Gasteiger partial charge in [-0.2, -0.15) is 5.26 Å². The molecule has 0 aromatic heterocycles. The molecule has 1 aromatic carbocycles. The van der Waals surface area contributed by atoms with Crippen molar-refractivity contribution in [1.29, 1.82) is 5.26 Å². The number of nitriles is 1. The Morgan fingerprint density at radius 3 is 3.05 bits per heavy atom. The Balaban J connectivity index is 1.92. The van der Waals surface area contributed by atoms with Crippen molar-refractivity contribution >= 4 is 11.4 Å². The molecule has 0 amide bonds. The molecule has 1 atom stereocenters. The Bertz CT molecular complexity index is 553. The highest BCUT2D eigenvalue weighted by atomic mass is 16.6. The normalized spacial score (nSPS) is 18.4. The third kappa shape index (κ3) is 3.92. The molecule has 1 aliphatic heterocycles. The van der Waals surface area contributed by atoms with E-state index in [0.29, 0.717) is 5.92 Å². The number of nitro benzene ring substituents is 1. The predicted octanol–water partition coefficient (Wildman–Crippen LogP) is 2.61. The molecule has 0 aliphatic carbocycles. The van der Waals surface area contributed by atoms with Crippen molar-refractivity contribution in [3.63, 3.8) is 0 Å². The molecule has 112 valence electrons. The van der Waals surface area contributed by atoms with Gasteiger partial charge in [0.1, 0.15) is 11.6 Å². The highest BCUT2D eigenvalue weighted by molar-refractivity contribution is 5.58. The van der Waals surface area contributed by atoms with E-state index in [-0.39, 0.29) is 11.3 Å². The molecule has 0 bridgehead atoms. The van der Waals surface area contributed by atoms with Gasteiger partial charge < -0.3 is 10.2 Å². The Morgan fingerprint density at radius 2 is 2.38 bits per heavy atom. The SMILES string of the molecule is CCCN1CCC(CNc2ccc([N+](=O)[O-])c(C#N)c2)C1. The van der Waals surface area contributed by atoms with E-state index in [1.165, 1.54) is 18.9 Å². The van der Waals surface area contributed by atoms with Crippen LogP contribution in [0.2, 0.25) is 0 Å². The maximum absolute atomic E-state index is 10.8. The van der Waals surface area contributed by atoms with Crippen molar-refractivity contribution in [3.8, 4) is 6.07 Å². The largest absolute Gasteiger partial charge is 0.385 e. The van der Waals surface area contributed by atoms with E-state index >= 15 is 0 Å². The lowest BCUT2D eigenvalue weighted by molar-refractivity contribution is -0.385. The van der Waals surface area contributed by atoms with Crippen LogP contribution in [0.3, 0.4) is 0 Å². The second-order valence-corrected chi connectivity index (χ2v) is 5.44. The van der Waals surface area contributed by atoms with Crippen molar-refractivity contribution in [3.05, 3.63) is 33.9 Å². The van der Waals surface area contributed by atoms with Crippen LogP contribution in [-0.2, 0) is 0 Å². The van der Waals surface area contributed by atoms with E-state index < -0.39 is 4.92 Å². The molecule has 1 aliphatic rings. The standard InChI is InChI=1S/C15H20N4O2/c1-2-6-18-7-5-12(11-18)10-17-14-3-4-15(19(20)21)13(8-14)9-16/h3-4,8,12,17H,2,5-7,10-11H2,1H3. The van der Waals surface area contributed by atoms with Crippen molar-refractivity contribution in [2.45, 2.75) is 19.8 Å². The molecule has 1 unspecified atom stereocenters. The Kier molecular flexibility index (Phi) is 5.12. The van der Waals surface area contributed by atoms with Crippen molar-refractivity contribution in [1.82, 2.24) is 4.90 Å². The first-order valence-corrected chi connectivity index (χ1v) is 7.28. The summed E-state index contributed by atoms with van der Waals surface area (Å²) in [5.41, 5.74) is 0.730. The zero-order chi connectivity index (χ0) is 15.2. The molecule has 1 fully saturated rings. The zero-order valence-corrected chi connectivity index (χ0v) is 12.2. The first kappa shape index (κ1) is 15.3. The molecule has 21 heavy (non-hydrogen) atoms. The Hall–Kier alpha value is -2.13. The van der Waals surface area contributed by atoms with Crippen LogP contribution >= 0.6 is 0 Å². The number of anilines is 1. The number of rotatable bonds is 6. The molecule has 2 rings (SSSR count). The van der Waals surface area contributed by atoms with Crippen LogP contribution < -0.4 is 5.32 Å². The quantitative estimate of drug-likeness (QED) is 0.642. The molecule has 1 N–H and O–H groups in total. The summed E-state index contributed by atoms with van der Waals surface area (Å²) in [6.45, 7) is 6.41. The number of nitrogens with zero attached hydrogens (tertiary/aromatic N) is 3. The van der Waals surface area contributed by atoms with Gasteiger partial charge in [-0.25, -0.2) is 0 Å². The molecule has 1 aromatic rings. The lowest BCUT2D eigenvalue weighted by atomic mass is 10.1. The molecule has 6 heteroatoms. The third-order valence-corrected chi connectivity index (χ3v) is 3.82. The molecule has 1 saturated heterocycles. The van der Waals surface area contributed by atoms with Crippen LogP contribution in [-0.4, -0.2) is 36.0 Å². The second-order valence-electron chi connectivity index (χ2n) is 5.44. The van der Waals surface area contributed by atoms with Gasteiger partial charge in [0.05, 0.1) is 4.92 Å². The molecule has 6 nitrogen and oxygen atoms in total. The van der Waals surface area contributed by atoms with Crippen LogP contribution in [0.1, 0.15) is 25.3 Å². The van der Waals surface area contributed by atoms with Gasteiger partial charge in [-0.3, -0.25) is 10.1 Å². The number of nitro groups is 1.